The highest BCUT2D eigenvalue weighted by molar-refractivity contribution is 5.75. The fraction of sp³-hybridized carbons (Fsp3) is 0.833. The molecule has 1 rings (SSSR count). The van der Waals surface area contributed by atoms with E-state index in [-0.39, 0.29) is 18.0 Å². The lowest BCUT2D eigenvalue weighted by molar-refractivity contribution is -0.141. The second-order valence-corrected chi connectivity index (χ2v) is 5.22. The summed E-state index contributed by atoms with van der Waals surface area (Å²) in [5.41, 5.74) is 0. The Morgan fingerprint density at radius 1 is 1.22 bits per heavy atom. The maximum atomic E-state index is 11.8. The first kappa shape index (κ1) is 14.8. The van der Waals surface area contributed by atoms with E-state index in [2.05, 4.69) is 5.32 Å². The van der Waals surface area contributed by atoms with Crippen LogP contribution >= 0.6 is 0 Å². The Hall–Kier alpha value is -1.30. The third-order valence-corrected chi connectivity index (χ3v) is 3.34. The number of carboxylic acids is 1. The first-order chi connectivity index (χ1) is 8.40. The number of carbonyl (C=O) groups is 2. The summed E-state index contributed by atoms with van der Waals surface area (Å²) in [6.07, 6.45) is 1.95. The molecule has 2 atom stereocenters. The molecule has 0 spiro atoms. The molecule has 18 heavy (non-hydrogen) atoms. The predicted octanol–water partition coefficient (Wildman–Crippen LogP) is 0.443. The Labute approximate surface area is 108 Å². The van der Waals surface area contributed by atoms with Crippen LogP contribution in [0.2, 0.25) is 0 Å². The smallest absolute Gasteiger partial charge is 0.317 e. The van der Waals surface area contributed by atoms with Crippen molar-refractivity contribution in [3.05, 3.63) is 0 Å². The Bertz CT molecular complexity index is 307. The molecule has 6 nitrogen and oxygen atoms in total. The number of carbonyl (C=O) groups excluding carboxylic acids is 1. The monoisotopic (exact) mass is 257 g/mol. The molecule has 0 saturated heterocycles. The molecule has 0 aromatic rings. The highest BCUT2D eigenvalue weighted by atomic mass is 16.4. The summed E-state index contributed by atoms with van der Waals surface area (Å²) in [7, 11) is 5.67. The first-order valence-electron chi connectivity index (χ1n) is 6.29. The van der Waals surface area contributed by atoms with Crippen LogP contribution in [0.5, 0.6) is 0 Å². The predicted molar refractivity (Wildman–Crippen MR) is 68.5 cm³/mol. The van der Waals surface area contributed by atoms with Crippen LogP contribution in [0.1, 0.15) is 19.3 Å². The topological polar surface area (TPSA) is 72.9 Å². The fourth-order valence-corrected chi connectivity index (χ4v) is 2.07. The van der Waals surface area contributed by atoms with E-state index in [1.54, 1.807) is 11.9 Å². The van der Waals surface area contributed by atoms with Gasteiger partial charge in [0.25, 0.3) is 0 Å². The van der Waals surface area contributed by atoms with E-state index < -0.39 is 5.97 Å². The summed E-state index contributed by atoms with van der Waals surface area (Å²) < 4.78 is 0. The molecule has 0 bridgehead atoms. The number of carboxylic acid groups (broad SMARTS) is 1. The van der Waals surface area contributed by atoms with Crippen molar-refractivity contribution < 1.29 is 14.7 Å². The van der Waals surface area contributed by atoms with Crippen molar-refractivity contribution in [2.45, 2.75) is 25.3 Å². The van der Waals surface area contributed by atoms with Gasteiger partial charge in [-0.3, -0.25) is 4.79 Å². The van der Waals surface area contributed by atoms with Crippen molar-refractivity contribution >= 4 is 12.0 Å². The van der Waals surface area contributed by atoms with Crippen molar-refractivity contribution in [3.8, 4) is 0 Å². The second kappa shape index (κ2) is 6.58. The quantitative estimate of drug-likeness (QED) is 0.749. The van der Waals surface area contributed by atoms with Gasteiger partial charge in [0.15, 0.2) is 0 Å². The molecule has 104 valence electrons. The molecule has 1 aliphatic carbocycles. The van der Waals surface area contributed by atoms with E-state index in [1.807, 2.05) is 19.0 Å². The van der Waals surface area contributed by atoms with Gasteiger partial charge in [0, 0.05) is 26.2 Å². The molecule has 1 fully saturated rings. The van der Waals surface area contributed by atoms with Gasteiger partial charge in [0.2, 0.25) is 0 Å². The van der Waals surface area contributed by atoms with Crippen LogP contribution in [0, 0.1) is 5.92 Å². The van der Waals surface area contributed by atoms with Crippen LogP contribution in [-0.2, 0) is 4.79 Å². The number of likely N-dealkylation sites (N-methyl/N-ethyl adjacent to an activating group) is 2. The molecule has 2 N–H and O–H groups in total. The maximum absolute atomic E-state index is 11.8. The molecule has 6 heteroatoms. The normalized spacial score (nSPS) is 23.1. The first-order valence-corrected chi connectivity index (χ1v) is 6.29. The van der Waals surface area contributed by atoms with Crippen LogP contribution < -0.4 is 5.32 Å². The van der Waals surface area contributed by atoms with E-state index in [4.69, 9.17) is 5.11 Å². The van der Waals surface area contributed by atoms with Crippen LogP contribution in [0.4, 0.5) is 4.79 Å². The average Bonchev–Trinajstić information content (AvgIpc) is 2.74. The number of hydrogen-bond acceptors (Lipinski definition) is 3. The fourth-order valence-electron chi connectivity index (χ4n) is 2.07. The zero-order valence-corrected chi connectivity index (χ0v) is 11.3. The van der Waals surface area contributed by atoms with Crippen molar-refractivity contribution in [2.24, 2.45) is 5.92 Å². The van der Waals surface area contributed by atoms with Gasteiger partial charge >= 0.3 is 12.0 Å². The van der Waals surface area contributed by atoms with E-state index in [0.717, 1.165) is 13.0 Å². The zero-order valence-electron chi connectivity index (χ0n) is 11.3. The van der Waals surface area contributed by atoms with Crippen molar-refractivity contribution in [2.75, 3.05) is 34.2 Å². The number of rotatable bonds is 5. The van der Waals surface area contributed by atoms with Crippen molar-refractivity contribution in [1.82, 2.24) is 15.1 Å². The van der Waals surface area contributed by atoms with E-state index in [1.165, 1.54) is 0 Å². The van der Waals surface area contributed by atoms with Crippen molar-refractivity contribution in [3.63, 3.8) is 0 Å². The molecule has 0 aromatic carbocycles. The second-order valence-electron chi connectivity index (χ2n) is 5.22. The minimum atomic E-state index is -0.757. The number of amides is 2. The minimum Gasteiger partial charge on any atom is -0.481 e. The SMILES string of the molecule is CN(C)CCN(C)C(=O)N[C@H]1CC[C@@H](C(=O)O)C1. The summed E-state index contributed by atoms with van der Waals surface area (Å²) in [5.74, 6) is -1.06. The van der Waals surface area contributed by atoms with Gasteiger partial charge in [-0.05, 0) is 33.4 Å². The van der Waals surface area contributed by atoms with Gasteiger partial charge in [0.05, 0.1) is 5.92 Å². The van der Waals surface area contributed by atoms with Crippen molar-refractivity contribution in [1.29, 1.82) is 0 Å². The Kier molecular flexibility index (Phi) is 5.40. The van der Waals surface area contributed by atoms with Gasteiger partial charge in [-0.25, -0.2) is 4.79 Å². The van der Waals surface area contributed by atoms with Gasteiger partial charge in [-0.15, -0.1) is 0 Å². The lowest BCUT2D eigenvalue weighted by Crippen LogP contribution is -2.44. The Balaban J connectivity index is 2.30. The number of hydrogen-bond donors (Lipinski definition) is 2. The van der Waals surface area contributed by atoms with Gasteiger partial charge in [0.1, 0.15) is 0 Å². The highest BCUT2D eigenvalue weighted by Gasteiger charge is 2.30. The third-order valence-electron chi connectivity index (χ3n) is 3.34. The molecule has 1 saturated carbocycles. The largest absolute Gasteiger partial charge is 0.481 e. The molecular weight excluding hydrogens is 234 g/mol. The molecule has 0 unspecified atom stereocenters. The molecule has 0 aliphatic heterocycles. The Morgan fingerprint density at radius 2 is 1.89 bits per heavy atom. The highest BCUT2D eigenvalue weighted by Crippen LogP contribution is 2.25. The number of nitrogens with zero attached hydrogens (tertiary/aromatic N) is 2. The molecule has 0 aromatic heterocycles. The number of nitrogens with one attached hydrogen (secondary N) is 1. The van der Waals surface area contributed by atoms with Crippen LogP contribution in [0.25, 0.3) is 0 Å². The zero-order chi connectivity index (χ0) is 13.7. The van der Waals surface area contributed by atoms with E-state index in [9.17, 15) is 9.59 Å². The minimum absolute atomic E-state index is 0.000376. The lowest BCUT2D eigenvalue weighted by Gasteiger charge is -2.22. The van der Waals surface area contributed by atoms with E-state index >= 15 is 0 Å². The summed E-state index contributed by atoms with van der Waals surface area (Å²) in [4.78, 5) is 26.3. The molecule has 0 heterocycles. The molecule has 1 aliphatic rings. The third kappa shape index (κ3) is 4.52. The Morgan fingerprint density at radius 3 is 2.39 bits per heavy atom. The molecular formula is C12H23N3O3. The van der Waals surface area contributed by atoms with Gasteiger partial charge in [-0.2, -0.15) is 0 Å². The van der Waals surface area contributed by atoms with Crippen LogP contribution in [0.15, 0.2) is 0 Å². The van der Waals surface area contributed by atoms with Gasteiger partial charge in [-0.1, -0.05) is 0 Å². The summed E-state index contributed by atoms with van der Waals surface area (Å²) in [6, 6.07) is -0.117. The summed E-state index contributed by atoms with van der Waals surface area (Å²) in [5, 5.41) is 11.8. The van der Waals surface area contributed by atoms with Crippen LogP contribution in [-0.4, -0.2) is 67.2 Å². The standard InChI is InChI=1S/C12H23N3O3/c1-14(2)6-7-15(3)12(18)13-10-5-4-9(8-10)11(16)17/h9-10H,4-8H2,1-3H3,(H,13,18)(H,16,17)/t9-,10+/m1/s1. The molecule has 0 radical (unpaired) electrons. The summed E-state index contributed by atoms with van der Waals surface area (Å²) >= 11 is 0. The van der Waals surface area contributed by atoms with Crippen LogP contribution in [0.3, 0.4) is 0 Å². The average molecular weight is 257 g/mol. The number of aliphatic carboxylic acids is 1. The molecule has 2 amide bonds. The summed E-state index contributed by atoms with van der Waals surface area (Å²) in [6.45, 7) is 1.47. The van der Waals surface area contributed by atoms with Gasteiger partial charge < -0.3 is 20.2 Å². The van der Waals surface area contributed by atoms with E-state index in [0.29, 0.717) is 19.4 Å². The maximum Gasteiger partial charge on any atom is 0.317 e. The number of urea groups is 1. The lowest BCUT2D eigenvalue weighted by atomic mass is 10.1.